The van der Waals surface area contributed by atoms with Gasteiger partial charge in [0.25, 0.3) is 0 Å². The number of fused-ring (bicyclic) bond motifs is 9. The molecule has 210 valence electrons. The zero-order chi connectivity index (χ0) is 29.5. The number of benzene rings is 6. The molecule has 0 aliphatic carbocycles. The van der Waals surface area contributed by atoms with Crippen LogP contribution in [0.15, 0.2) is 138 Å². The SMILES string of the molecule is c1cc(-c2ncc3oc4ccc(-c5cccc6c5sc5ccccc56)cc4c3n2)cc(-c2cccc3c2sc2ccccc23)c1. The topological polar surface area (TPSA) is 38.9 Å². The first kappa shape index (κ1) is 25.0. The van der Waals surface area contributed by atoms with Crippen molar-refractivity contribution in [1.82, 2.24) is 9.97 Å². The standard InChI is InChI=1S/C40H22N2OS2/c1-3-16-35-28(10-1)30-14-6-12-26(38(30)44-35)23-8-5-9-25(20-23)40-41-22-34-37(42-40)32-21-24(18-19-33(32)43-34)27-13-7-15-31-29-11-2-4-17-36(29)45-39(27)31/h1-22H. The van der Waals surface area contributed by atoms with Gasteiger partial charge in [-0.2, -0.15) is 0 Å². The van der Waals surface area contributed by atoms with Gasteiger partial charge in [-0.25, -0.2) is 9.97 Å². The molecule has 3 nitrogen and oxygen atoms in total. The highest BCUT2D eigenvalue weighted by atomic mass is 32.1. The number of hydrogen-bond acceptors (Lipinski definition) is 5. The number of nitrogens with zero attached hydrogens (tertiary/aromatic N) is 2. The molecule has 0 amide bonds. The van der Waals surface area contributed by atoms with Gasteiger partial charge in [0.2, 0.25) is 0 Å². The van der Waals surface area contributed by atoms with Crippen LogP contribution in [0.3, 0.4) is 0 Å². The van der Waals surface area contributed by atoms with E-state index in [1.807, 2.05) is 28.9 Å². The van der Waals surface area contributed by atoms with Crippen LogP contribution in [0.2, 0.25) is 0 Å². The van der Waals surface area contributed by atoms with Crippen molar-refractivity contribution in [1.29, 1.82) is 0 Å². The molecule has 0 aliphatic rings. The average molecular weight is 611 g/mol. The lowest BCUT2D eigenvalue weighted by molar-refractivity contribution is 0.666. The Kier molecular flexibility index (Phi) is 5.32. The van der Waals surface area contributed by atoms with Gasteiger partial charge in [0.05, 0.1) is 6.20 Å². The number of aromatic nitrogens is 2. The van der Waals surface area contributed by atoms with Crippen LogP contribution in [0.5, 0.6) is 0 Å². The monoisotopic (exact) mass is 610 g/mol. The molecule has 4 aromatic heterocycles. The summed E-state index contributed by atoms with van der Waals surface area (Å²) in [5.41, 5.74) is 8.08. The quantitative estimate of drug-likeness (QED) is 0.200. The van der Waals surface area contributed by atoms with E-state index in [9.17, 15) is 0 Å². The molecule has 10 aromatic rings. The molecule has 0 saturated carbocycles. The van der Waals surface area contributed by atoms with E-state index < -0.39 is 0 Å². The van der Waals surface area contributed by atoms with Gasteiger partial charge in [-0.05, 0) is 52.6 Å². The van der Waals surface area contributed by atoms with E-state index in [0.717, 1.165) is 33.2 Å². The summed E-state index contributed by atoms with van der Waals surface area (Å²) >= 11 is 3.69. The molecule has 0 saturated heterocycles. The largest absolute Gasteiger partial charge is 0.453 e. The van der Waals surface area contributed by atoms with Crippen molar-refractivity contribution in [3.63, 3.8) is 0 Å². The fraction of sp³-hybridized carbons (Fsp3) is 0. The zero-order valence-corrected chi connectivity index (χ0v) is 25.5. The second-order valence-electron chi connectivity index (χ2n) is 11.4. The first-order chi connectivity index (χ1) is 22.3. The Balaban J connectivity index is 1.11. The summed E-state index contributed by atoms with van der Waals surface area (Å²) in [5, 5.41) is 6.19. The van der Waals surface area contributed by atoms with Gasteiger partial charge in [-0.1, -0.05) is 97.1 Å². The first-order valence-corrected chi connectivity index (χ1v) is 16.5. The van der Waals surface area contributed by atoms with Gasteiger partial charge in [0.15, 0.2) is 11.4 Å². The Hall–Kier alpha value is -5.36. The minimum Gasteiger partial charge on any atom is -0.453 e. The third kappa shape index (κ3) is 3.81. The summed E-state index contributed by atoms with van der Waals surface area (Å²) in [5.74, 6) is 0.688. The van der Waals surface area contributed by atoms with Gasteiger partial charge < -0.3 is 4.42 Å². The van der Waals surface area contributed by atoms with Crippen molar-refractivity contribution in [3.8, 4) is 33.6 Å². The van der Waals surface area contributed by atoms with E-state index in [1.54, 1.807) is 0 Å². The Morgan fingerprint density at radius 3 is 1.78 bits per heavy atom. The Morgan fingerprint density at radius 2 is 1.07 bits per heavy atom. The number of hydrogen-bond donors (Lipinski definition) is 0. The summed E-state index contributed by atoms with van der Waals surface area (Å²) in [6, 6.07) is 45.4. The molecule has 4 heterocycles. The van der Waals surface area contributed by atoms with Crippen molar-refractivity contribution in [3.05, 3.63) is 134 Å². The third-order valence-electron chi connectivity index (χ3n) is 8.76. The maximum absolute atomic E-state index is 6.22. The molecular formula is C40H22N2OS2. The highest BCUT2D eigenvalue weighted by molar-refractivity contribution is 7.26. The van der Waals surface area contributed by atoms with Crippen LogP contribution < -0.4 is 0 Å². The van der Waals surface area contributed by atoms with E-state index >= 15 is 0 Å². The van der Waals surface area contributed by atoms with Crippen molar-refractivity contribution in [2.45, 2.75) is 0 Å². The number of rotatable bonds is 3. The average Bonchev–Trinajstić information content (AvgIpc) is 3.79. The van der Waals surface area contributed by atoms with Crippen molar-refractivity contribution >= 4 is 85.1 Å². The third-order valence-corrected chi connectivity index (χ3v) is 11.2. The summed E-state index contributed by atoms with van der Waals surface area (Å²) < 4.78 is 11.4. The first-order valence-electron chi connectivity index (χ1n) is 14.9. The van der Waals surface area contributed by atoms with Crippen LogP contribution in [-0.2, 0) is 0 Å². The van der Waals surface area contributed by atoms with Crippen LogP contribution in [0, 0.1) is 0 Å². The lowest BCUT2D eigenvalue weighted by Crippen LogP contribution is -1.89. The van der Waals surface area contributed by atoms with Gasteiger partial charge in [-0.3, -0.25) is 0 Å². The molecule has 10 rings (SSSR count). The van der Waals surface area contributed by atoms with Gasteiger partial charge >= 0.3 is 0 Å². The van der Waals surface area contributed by atoms with Crippen molar-refractivity contribution in [2.24, 2.45) is 0 Å². The highest BCUT2D eigenvalue weighted by Gasteiger charge is 2.16. The van der Waals surface area contributed by atoms with Crippen molar-refractivity contribution in [2.75, 3.05) is 0 Å². The van der Waals surface area contributed by atoms with Crippen LogP contribution in [0.25, 0.3) is 96.1 Å². The fourth-order valence-electron chi connectivity index (χ4n) is 6.64. The van der Waals surface area contributed by atoms with Crippen LogP contribution in [-0.4, -0.2) is 9.97 Å². The van der Waals surface area contributed by atoms with Gasteiger partial charge in [-0.15, -0.1) is 22.7 Å². The maximum atomic E-state index is 6.22. The molecule has 0 aliphatic heterocycles. The minimum absolute atomic E-state index is 0.688. The molecule has 5 heteroatoms. The van der Waals surface area contributed by atoms with Crippen LogP contribution in [0.1, 0.15) is 0 Å². The highest BCUT2D eigenvalue weighted by Crippen LogP contribution is 2.42. The molecule has 0 bridgehead atoms. The minimum atomic E-state index is 0.688. The van der Waals surface area contributed by atoms with E-state index in [-0.39, 0.29) is 0 Å². The fourth-order valence-corrected chi connectivity index (χ4v) is 9.12. The van der Waals surface area contributed by atoms with E-state index in [4.69, 9.17) is 14.4 Å². The molecule has 0 atom stereocenters. The Bertz CT molecular complexity index is 2780. The molecular weight excluding hydrogens is 589 g/mol. The Morgan fingerprint density at radius 1 is 0.467 bits per heavy atom. The zero-order valence-electron chi connectivity index (χ0n) is 23.8. The lowest BCUT2D eigenvalue weighted by atomic mass is 10.0. The number of furan rings is 1. The predicted molar refractivity (Wildman–Crippen MR) is 191 cm³/mol. The van der Waals surface area contributed by atoms with Gasteiger partial charge in [0.1, 0.15) is 11.1 Å². The van der Waals surface area contributed by atoms with E-state index in [2.05, 4.69) is 127 Å². The molecule has 6 aromatic carbocycles. The summed E-state index contributed by atoms with van der Waals surface area (Å²) in [6.07, 6.45) is 1.81. The van der Waals surface area contributed by atoms with Gasteiger partial charge in [0, 0.05) is 51.3 Å². The molecule has 0 N–H and O–H groups in total. The summed E-state index contributed by atoms with van der Waals surface area (Å²) in [4.78, 5) is 9.85. The van der Waals surface area contributed by atoms with E-state index in [0.29, 0.717) is 11.4 Å². The molecule has 0 radical (unpaired) electrons. The molecule has 0 spiro atoms. The van der Waals surface area contributed by atoms with E-state index in [1.165, 1.54) is 51.5 Å². The normalized spacial score (nSPS) is 12.0. The summed E-state index contributed by atoms with van der Waals surface area (Å²) in [6.45, 7) is 0. The molecule has 0 unspecified atom stereocenters. The number of thiophene rings is 2. The van der Waals surface area contributed by atoms with Crippen LogP contribution in [0.4, 0.5) is 0 Å². The van der Waals surface area contributed by atoms with Crippen LogP contribution >= 0.6 is 22.7 Å². The maximum Gasteiger partial charge on any atom is 0.172 e. The lowest BCUT2D eigenvalue weighted by Gasteiger charge is -2.07. The second-order valence-corrected chi connectivity index (χ2v) is 13.5. The van der Waals surface area contributed by atoms with Crippen molar-refractivity contribution < 1.29 is 4.42 Å². The Labute approximate surface area is 265 Å². The predicted octanol–water partition coefficient (Wildman–Crippen LogP) is 12.1. The summed E-state index contributed by atoms with van der Waals surface area (Å²) in [7, 11) is 0. The smallest absolute Gasteiger partial charge is 0.172 e. The molecule has 45 heavy (non-hydrogen) atoms. The second kappa shape index (κ2) is 9.57. The molecule has 0 fully saturated rings.